The van der Waals surface area contributed by atoms with Crippen molar-refractivity contribution in [3.8, 4) is 0 Å². The van der Waals surface area contributed by atoms with Crippen LogP contribution in [-0.2, 0) is 6.42 Å². The maximum Gasteiger partial charge on any atom is 0.312 e. The number of benzene rings is 1. The van der Waals surface area contributed by atoms with Crippen molar-refractivity contribution >= 4 is 28.5 Å². The van der Waals surface area contributed by atoms with Gasteiger partial charge in [-0.15, -0.1) is 0 Å². The molecule has 4 nitrogen and oxygen atoms in total. The molecule has 0 saturated heterocycles. The topological polar surface area (TPSA) is 70.9 Å². The normalized spacial score (nSPS) is 18.6. The van der Waals surface area contributed by atoms with Crippen LogP contribution in [0.15, 0.2) is 18.2 Å². The Labute approximate surface area is 109 Å². The SMILES string of the molecule is NC(=O)N[C@H]1CCCc2c1[nH]c1ccc(Cl)cc21. The molecule has 5 heteroatoms. The van der Waals surface area contributed by atoms with Crippen LogP contribution >= 0.6 is 11.6 Å². The molecule has 1 aliphatic rings. The fraction of sp³-hybridized carbons (Fsp3) is 0.308. The van der Waals surface area contributed by atoms with Crippen LogP contribution in [0.3, 0.4) is 0 Å². The number of amides is 2. The van der Waals surface area contributed by atoms with Crippen molar-refractivity contribution < 1.29 is 4.79 Å². The summed E-state index contributed by atoms with van der Waals surface area (Å²) in [5.74, 6) is 0. The lowest BCUT2D eigenvalue weighted by Gasteiger charge is -2.22. The highest BCUT2D eigenvalue weighted by molar-refractivity contribution is 6.31. The average Bonchev–Trinajstić information content (AvgIpc) is 2.68. The van der Waals surface area contributed by atoms with E-state index in [1.165, 1.54) is 5.56 Å². The monoisotopic (exact) mass is 263 g/mol. The molecule has 3 rings (SSSR count). The molecule has 0 radical (unpaired) electrons. The summed E-state index contributed by atoms with van der Waals surface area (Å²) < 4.78 is 0. The molecule has 0 saturated carbocycles. The molecular formula is C13H14ClN3O. The van der Waals surface area contributed by atoms with Crippen LogP contribution < -0.4 is 11.1 Å². The lowest BCUT2D eigenvalue weighted by molar-refractivity contribution is 0.243. The summed E-state index contributed by atoms with van der Waals surface area (Å²) in [6, 6.07) is 5.31. The number of fused-ring (bicyclic) bond motifs is 3. The van der Waals surface area contributed by atoms with Crippen LogP contribution in [-0.4, -0.2) is 11.0 Å². The molecule has 1 atom stereocenters. The molecule has 1 aliphatic carbocycles. The molecule has 0 fully saturated rings. The molecular weight excluding hydrogens is 250 g/mol. The number of urea groups is 1. The molecule has 0 aliphatic heterocycles. The summed E-state index contributed by atoms with van der Waals surface area (Å²) in [5.41, 5.74) is 8.59. The van der Waals surface area contributed by atoms with Gasteiger partial charge in [-0.05, 0) is 43.0 Å². The fourth-order valence-corrected chi connectivity index (χ4v) is 2.92. The van der Waals surface area contributed by atoms with Gasteiger partial charge in [0, 0.05) is 21.6 Å². The first kappa shape index (κ1) is 11.4. The smallest absolute Gasteiger partial charge is 0.312 e. The van der Waals surface area contributed by atoms with Crippen molar-refractivity contribution in [1.82, 2.24) is 10.3 Å². The second-order valence-electron chi connectivity index (χ2n) is 4.66. The quantitative estimate of drug-likeness (QED) is 0.727. The van der Waals surface area contributed by atoms with Gasteiger partial charge in [-0.25, -0.2) is 4.79 Å². The number of aromatic nitrogens is 1. The molecule has 18 heavy (non-hydrogen) atoms. The van der Waals surface area contributed by atoms with Crippen LogP contribution in [0.5, 0.6) is 0 Å². The van der Waals surface area contributed by atoms with Crippen molar-refractivity contribution in [3.63, 3.8) is 0 Å². The van der Waals surface area contributed by atoms with Crippen molar-refractivity contribution in [2.75, 3.05) is 0 Å². The number of nitrogens with one attached hydrogen (secondary N) is 2. The molecule has 1 aromatic carbocycles. The van der Waals surface area contributed by atoms with E-state index < -0.39 is 6.03 Å². The zero-order valence-corrected chi connectivity index (χ0v) is 10.6. The van der Waals surface area contributed by atoms with Crippen molar-refractivity contribution in [3.05, 3.63) is 34.5 Å². The summed E-state index contributed by atoms with van der Waals surface area (Å²) in [6.07, 6.45) is 2.96. The minimum absolute atomic E-state index is 0.0163. The van der Waals surface area contributed by atoms with E-state index in [-0.39, 0.29) is 6.04 Å². The number of aromatic amines is 1. The van der Waals surface area contributed by atoms with Gasteiger partial charge in [0.05, 0.1) is 6.04 Å². The van der Waals surface area contributed by atoms with Gasteiger partial charge >= 0.3 is 6.03 Å². The maximum absolute atomic E-state index is 11.0. The Morgan fingerprint density at radius 1 is 1.50 bits per heavy atom. The van der Waals surface area contributed by atoms with E-state index in [0.29, 0.717) is 0 Å². The molecule has 1 heterocycles. The Morgan fingerprint density at radius 3 is 3.11 bits per heavy atom. The molecule has 0 unspecified atom stereocenters. The van der Waals surface area contributed by atoms with E-state index in [1.807, 2.05) is 18.2 Å². The third kappa shape index (κ3) is 1.82. The number of H-pyrrole nitrogens is 1. The number of halogens is 1. The molecule has 0 bridgehead atoms. The second-order valence-corrected chi connectivity index (χ2v) is 5.10. The highest BCUT2D eigenvalue weighted by Gasteiger charge is 2.24. The third-order valence-electron chi connectivity index (χ3n) is 3.49. The molecule has 1 aromatic heterocycles. The van der Waals surface area contributed by atoms with Crippen LogP contribution in [0.4, 0.5) is 4.79 Å². The first-order valence-electron chi connectivity index (χ1n) is 6.01. The number of aryl methyl sites for hydroxylation is 1. The van der Waals surface area contributed by atoms with Crippen LogP contribution in [0, 0.1) is 0 Å². The van der Waals surface area contributed by atoms with E-state index in [2.05, 4.69) is 10.3 Å². The minimum Gasteiger partial charge on any atom is -0.356 e. The summed E-state index contributed by atoms with van der Waals surface area (Å²) in [5, 5.41) is 4.67. The van der Waals surface area contributed by atoms with Gasteiger partial charge in [0.25, 0.3) is 0 Å². The van der Waals surface area contributed by atoms with Gasteiger partial charge < -0.3 is 16.0 Å². The number of rotatable bonds is 1. The summed E-state index contributed by atoms with van der Waals surface area (Å²) >= 11 is 6.04. The van der Waals surface area contributed by atoms with Gasteiger partial charge in [0.15, 0.2) is 0 Å². The number of hydrogen-bond donors (Lipinski definition) is 3. The summed E-state index contributed by atoms with van der Waals surface area (Å²) in [7, 11) is 0. The van der Waals surface area contributed by atoms with Gasteiger partial charge in [0.1, 0.15) is 0 Å². The standard InChI is InChI=1S/C13H14ClN3O/c14-7-4-5-10-9(6-7)8-2-1-3-11(12(8)16-10)17-13(15)18/h4-6,11,16H,1-3H2,(H3,15,17,18)/t11-/m0/s1. The highest BCUT2D eigenvalue weighted by atomic mass is 35.5. The molecule has 2 amide bonds. The van der Waals surface area contributed by atoms with E-state index in [0.717, 1.165) is 40.9 Å². The van der Waals surface area contributed by atoms with Crippen LogP contribution in [0.2, 0.25) is 5.02 Å². The zero-order chi connectivity index (χ0) is 12.7. The van der Waals surface area contributed by atoms with Gasteiger partial charge in [-0.1, -0.05) is 11.6 Å². The van der Waals surface area contributed by atoms with E-state index in [1.54, 1.807) is 0 Å². The molecule has 2 aromatic rings. The van der Waals surface area contributed by atoms with Crippen molar-refractivity contribution in [1.29, 1.82) is 0 Å². The molecule has 0 spiro atoms. The largest absolute Gasteiger partial charge is 0.356 e. The van der Waals surface area contributed by atoms with E-state index >= 15 is 0 Å². The summed E-state index contributed by atoms with van der Waals surface area (Å²) in [4.78, 5) is 14.4. The Hall–Kier alpha value is -1.68. The lowest BCUT2D eigenvalue weighted by atomic mass is 9.92. The zero-order valence-electron chi connectivity index (χ0n) is 9.79. The highest BCUT2D eigenvalue weighted by Crippen LogP contribution is 2.35. The second kappa shape index (κ2) is 4.21. The lowest BCUT2D eigenvalue weighted by Crippen LogP contribution is -2.34. The third-order valence-corrected chi connectivity index (χ3v) is 3.72. The minimum atomic E-state index is -0.482. The van der Waals surface area contributed by atoms with Gasteiger partial charge in [-0.2, -0.15) is 0 Å². The van der Waals surface area contributed by atoms with E-state index in [9.17, 15) is 4.79 Å². The Morgan fingerprint density at radius 2 is 2.33 bits per heavy atom. The predicted octanol–water partition coefficient (Wildman–Crippen LogP) is 2.87. The maximum atomic E-state index is 11.0. The Bertz CT molecular complexity index is 620. The first-order chi connectivity index (χ1) is 8.65. The van der Waals surface area contributed by atoms with Crippen molar-refractivity contribution in [2.24, 2.45) is 5.73 Å². The Balaban J connectivity index is 2.12. The predicted molar refractivity (Wildman–Crippen MR) is 71.7 cm³/mol. The number of hydrogen-bond acceptors (Lipinski definition) is 1. The van der Waals surface area contributed by atoms with E-state index in [4.69, 9.17) is 17.3 Å². The summed E-state index contributed by atoms with van der Waals surface area (Å²) in [6.45, 7) is 0. The van der Waals surface area contributed by atoms with Crippen LogP contribution in [0.25, 0.3) is 10.9 Å². The van der Waals surface area contributed by atoms with Crippen LogP contribution in [0.1, 0.15) is 30.1 Å². The van der Waals surface area contributed by atoms with Crippen molar-refractivity contribution in [2.45, 2.75) is 25.3 Å². The number of nitrogens with two attached hydrogens (primary N) is 1. The number of carbonyl (C=O) groups excluding carboxylic acids is 1. The average molecular weight is 264 g/mol. The number of carbonyl (C=O) groups is 1. The first-order valence-corrected chi connectivity index (χ1v) is 6.39. The number of primary amides is 1. The Kier molecular flexibility index (Phi) is 2.67. The molecule has 94 valence electrons. The van der Waals surface area contributed by atoms with Gasteiger partial charge in [-0.3, -0.25) is 0 Å². The fourth-order valence-electron chi connectivity index (χ4n) is 2.75. The molecule has 4 N–H and O–H groups in total. The van der Waals surface area contributed by atoms with Gasteiger partial charge in [0.2, 0.25) is 0 Å².